The number of halogens is 1. The molecule has 0 atom stereocenters. The van der Waals surface area contributed by atoms with Gasteiger partial charge in [-0.25, -0.2) is 9.97 Å². The average Bonchev–Trinajstić information content (AvgIpc) is 2.73. The monoisotopic (exact) mass is 391 g/mol. The Bertz CT molecular complexity index is 793. The summed E-state index contributed by atoms with van der Waals surface area (Å²) in [6.45, 7) is 3.15. The van der Waals surface area contributed by atoms with Crippen LogP contribution in [0.25, 0.3) is 10.9 Å². The highest BCUT2D eigenvalue weighted by molar-refractivity contribution is 6.30. The molecule has 2 aromatic rings. The Morgan fingerprint density at radius 2 is 1.52 bits per heavy atom. The highest BCUT2D eigenvalue weighted by atomic mass is 35.5. The minimum atomic E-state index is 0.387. The molecule has 0 aromatic carbocycles. The zero-order valence-electron chi connectivity index (χ0n) is 15.9. The van der Waals surface area contributed by atoms with Crippen molar-refractivity contribution in [1.29, 1.82) is 0 Å². The van der Waals surface area contributed by atoms with Crippen LogP contribution in [-0.4, -0.2) is 67.6 Å². The van der Waals surface area contributed by atoms with E-state index >= 15 is 0 Å². The van der Waals surface area contributed by atoms with Gasteiger partial charge < -0.3 is 19.3 Å². The number of hydrogen-bond acceptors (Lipinski definition) is 7. The number of rotatable bonds is 4. The molecule has 0 spiro atoms. The molecule has 7 nitrogen and oxygen atoms in total. The van der Waals surface area contributed by atoms with Crippen molar-refractivity contribution in [3.05, 3.63) is 17.4 Å². The number of hydrogen-bond donors (Lipinski definition) is 0. The molecule has 2 aromatic heterocycles. The number of fused-ring (bicyclic) bond motifs is 1. The number of pyridine rings is 1. The molecule has 0 bridgehead atoms. The van der Waals surface area contributed by atoms with Crippen molar-refractivity contribution >= 4 is 34.3 Å². The maximum absolute atomic E-state index is 6.18. The Labute approximate surface area is 164 Å². The molecule has 2 aliphatic rings. The summed E-state index contributed by atoms with van der Waals surface area (Å²) >= 11 is 6.18. The summed E-state index contributed by atoms with van der Waals surface area (Å²) < 4.78 is 11.0. The zero-order chi connectivity index (χ0) is 18.8. The summed E-state index contributed by atoms with van der Waals surface area (Å²) in [7, 11) is 4.17. The standard InChI is InChI=1S/C19H26ClN5O2/c1-24(13-3-7-26-8-4-13)18-15-11-17(20)21-12-16(15)22-19(23-18)25(2)14-5-9-27-10-6-14/h11-14H,3-10H2,1-2H3. The van der Waals surface area contributed by atoms with Crippen LogP contribution in [-0.2, 0) is 9.47 Å². The van der Waals surface area contributed by atoms with E-state index in [1.54, 1.807) is 6.20 Å². The molecular weight excluding hydrogens is 366 g/mol. The van der Waals surface area contributed by atoms with E-state index in [-0.39, 0.29) is 0 Å². The maximum atomic E-state index is 6.18. The van der Waals surface area contributed by atoms with Crippen LogP contribution in [0.1, 0.15) is 25.7 Å². The highest BCUT2D eigenvalue weighted by Crippen LogP contribution is 2.31. The SMILES string of the molecule is CN(c1nc(N(C)C2CCOCC2)c2cc(Cl)ncc2n1)C1CCOCC1. The number of aromatic nitrogens is 3. The van der Waals surface area contributed by atoms with E-state index in [0.29, 0.717) is 17.2 Å². The Morgan fingerprint density at radius 1 is 0.926 bits per heavy atom. The van der Waals surface area contributed by atoms with Gasteiger partial charge in [-0.05, 0) is 31.7 Å². The van der Waals surface area contributed by atoms with Gasteiger partial charge in [0.15, 0.2) is 0 Å². The lowest BCUT2D eigenvalue weighted by Crippen LogP contribution is -2.39. The van der Waals surface area contributed by atoms with E-state index in [0.717, 1.165) is 74.8 Å². The fraction of sp³-hybridized carbons (Fsp3) is 0.632. The van der Waals surface area contributed by atoms with Gasteiger partial charge in [-0.3, -0.25) is 0 Å². The van der Waals surface area contributed by atoms with Gasteiger partial charge in [0.2, 0.25) is 5.95 Å². The van der Waals surface area contributed by atoms with E-state index in [2.05, 4.69) is 28.9 Å². The van der Waals surface area contributed by atoms with Crippen molar-refractivity contribution in [2.75, 3.05) is 50.3 Å². The highest BCUT2D eigenvalue weighted by Gasteiger charge is 2.25. The fourth-order valence-electron chi connectivity index (χ4n) is 3.89. The molecule has 146 valence electrons. The van der Waals surface area contributed by atoms with Crippen molar-refractivity contribution in [1.82, 2.24) is 15.0 Å². The van der Waals surface area contributed by atoms with E-state index in [1.165, 1.54) is 0 Å². The van der Waals surface area contributed by atoms with Crippen LogP contribution in [0.15, 0.2) is 12.3 Å². The molecule has 4 heterocycles. The maximum Gasteiger partial charge on any atom is 0.227 e. The third-order valence-electron chi connectivity index (χ3n) is 5.64. The first kappa shape index (κ1) is 18.7. The summed E-state index contributed by atoms with van der Waals surface area (Å²) in [5.41, 5.74) is 0.817. The van der Waals surface area contributed by atoms with Crippen molar-refractivity contribution < 1.29 is 9.47 Å². The van der Waals surface area contributed by atoms with Gasteiger partial charge in [-0.15, -0.1) is 0 Å². The predicted octanol–water partition coefficient (Wildman–Crippen LogP) is 2.91. The molecule has 0 radical (unpaired) electrons. The molecule has 0 saturated carbocycles. The molecular formula is C19H26ClN5O2. The second-order valence-electron chi connectivity index (χ2n) is 7.28. The molecule has 2 saturated heterocycles. The molecule has 0 aliphatic carbocycles. The summed E-state index contributed by atoms with van der Waals surface area (Å²) in [6.07, 6.45) is 5.70. The normalized spacial score (nSPS) is 19.4. The van der Waals surface area contributed by atoms with Crippen LogP contribution in [0, 0.1) is 0 Å². The molecule has 4 rings (SSSR count). The fourth-order valence-corrected chi connectivity index (χ4v) is 4.04. The van der Waals surface area contributed by atoms with Crippen LogP contribution in [0.5, 0.6) is 0 Å². The third kappa shape index (κ3) is 3.95. The minimum absolute atomic E-state index is 0.387. The van der Waals surface area contributed by atoms with Gasteiger partial charge in [-0.1, -0.05) is 11.6 Å². The molecule has 0 unspecified atom stereocenters. The van der Waals surface area contributed by atoms with E-state index < -0.39 is 0 Å². The van der Waals surface area contributed by atoms with Gasteiger partial charge in [0.1, 0.15) is 11.0 Å². The first-order valence-electron chi connectivity index (χ1n) is 9.58. The van der Waals surface area contributed by atoms with Crippen molar-refractivity contribution in [3.8, 4) is 0 Å². The summed E-state index contributed by atoms with van der Waals surface area (Å²) in [5.74, 6) is 1.64. The van der Waals surface area contributed by atoms with Gasteiger partial charge in [0.25, 0.3) is 0 Å². The van der Waals surface area contributed by atoms with E-state index in [4.69, 9.17) is 31.0 Å². The quantitative estimate of drug-likeness (QED) is 0.742. The van der Waals surface area contributed by atoms with E-state index in [9.17, 15) is 0 Å². The van der Waals surface area contributed by atoms with Crippen LogP contribution in [0.4, 0.5) is 11.8 Å². The molecule has 27 heavy (non-hydrogen) atoms. The number of ether oxygens (including phenoxy) is 2. The second-order valence-corrected chi connectivity index (χ2v) is 7.67. The average molecular weight is 392 g/mol. The third-order valence-corrected chi connectivity index (χ3v) is 5.85. The lowest BCUT2D eigenvalue weighted by atomic mass is 10.1. The lowest BCUT2D eigenvalue weighted by molar-refractivity contribution is 0.0850. The molecule has 2 aliphatic heterocycles. The first-order valence-corrected chi connectivity index (χ1v) is 9.95. The molecule has 0 amide bonds. The van der Waals surface area contributed by atoms with Crippen molar-refractivity contribution in [2.24, 2.45) is 0 Å². The molecule has 8 heteroatoms. The molecule has 2 fully saturated rings. The Morgan fingerprint density at radius 3 is 2.15 bits per heavy atom. The molecule has 0 N–H and O–H groups in total. The lowest BCUT2D eigenvalue weighted by Gasteiger charge is -2.34. The van der Waals surface area contributed by atoms with Gasteiger partial charge in [0.05, 0.1) is 11.7 Å². The second kappa shape index (κ2) is 8.12. The topological polar surface area (TPSA) is 63.6 Å². The number of anilines is 2. The zero-order valence-corrected chi connectivity index (χ0v) is 16.7. The van der Waals surface area contributed by atoms with Crippen LogP contribution in [0.3, 0.4) is 0 Å². The van der Waals surface area contributed by atoms with E-state index in [1.807, 2.05) is 6.07 Å². The van der Waals surface area contributed by atoms with Crippen LogP contribution < -0.4 is 9.80 Å². The minimum Gasteiger partial charge on any atom is -0.381 e. The Kier molecular flexibility index (Phi) is 5.61. The van der Waals surface area contributed by atoms with Crippen molar-refractivity contribution in [3.63, 3.8) is 0 Å². The Hall–Kier alpha value is -1.70. The summed E-state index contributed by atoms with van der Waals surface area (Å²) in [6, 6.07) is 2.64. The smallest absolute Gasteiger partial charge is 0.227 e. The van der Waals surface area contributed by atoms with Gasteiger partial charge in [-0.2, -0.15) is 4.98 Å². The van der Waals surface area contributed by atoms with Gasteiger partial charge >= 0.3 is 0 Å². The summed E-state index contributed by atoms with van der Waals surface area (Å²) in [5, 5.41) is 1.39. The Balaban J connectivity index is 1.73. The first-order chi connectivity index (χ1) is 13.1. The summed E-state index contributed by atoms with van der Waals surface area (Å²) in [4.78, 5) is 18.4. The van der Waals surface area contributed by atoms with Gasteiger partial charge in [0, 0.05) is 58.0 Å². The largest absolute Gasteiger partial charge is 0.381 e. The van der Waals surface area contributed by atoms with Crippen molar-refractivity contribution in [2.45, 2.75) is 37.8 Å². The predicted molar refractivity (Wildman–Crippen MR) is 107 cm³/mol. The number of nitrogens with zero attached hydrogens (tertiary/aromatic N) is 5. The van der Waals surface area contributed by atoms with Crippen LogP contribution >= 0.6 is 11.6 Å². The van der Waals surface area contributed by atoms with Crippen LogP contribution in [0.2, 0.25) is 5.15 Å².